The van der Waals surface area contributed by atoms with Crippen molar-refractivity contribution in [1.29, 1.82) is 0 Å². The third-order valence-electron chi connectivity index (χ3n) is 5.34. The Morgan fingerprint density at radius 2 is 1.93 bits per heavy atom. The van der Waals surface area contributed by atoms with E-state index >= 15 is 0 Å². The first-order valence-corrected chi connectivity index (χ1v) is 12.4. The monoisotopic (exact) mass is 446 g/mol. The van der Waals surface area contributed by atoms with Crippen LogP contribution in [0.3, 0.4) is 0 Å². The Balaban J connectivity index is 2.01. The fourth-order valence-corrected chi connectivity index (χ4v) is 4.98. The van der Waals surface area contributed by atoms with Crippen LogP contribution in [0.25, 0.3) is 11.0 Å². The Bertz CT molecular complexity index is 1020. The molecule has 2 heterocycles. The Morgan fingerprint density at radius 3 is 2.56 bits per heavy atom. The first-order chi connectivity index (χ1) is 12.5. The Morgan fingerprint density at radius 1 is 1.22 bits per heavy atom. The number of fused-ring (bicyclic) bond motifs is 1. The lowest BCUT2D eigenvalue weighted by Gasteiger charge is -2.38. The molecule has 142 valence electrons. The molecule has 3 aromatic rings. The van der Waals surface area contributed by atoms with Crippen molar-refractivity contribution in [1.82, 2.24) is 9.22 Å². The van der Waals surface area contributed by atoms with E-state index in [0.29, 0.717) is 5.75 Å². The molecule has 0 bridgehead atoms. The summed E-state index contributed by atoms with van der Waals surface area (Å²) in [4.78, 5) is 16.1. The molecule has 0 atom stereocenters. The molecule has 5 nitrogen and oxygen atoms in total. The molecule has 0 radical (unpaired) electrons. The number of carbonyl (C=O) groups is 1. The summed E-state index contributed by atoms with van der Waals surface area (Å²) in [5, 5.41) is 10.5. The second kappa shape index (κ2) is 6.80. The predicted molar refractivity (Wildman–Crippen MR) is 114 cm³/mol. The summed E-state index contributed by atoms with van der Waals surface area (Å²) in [5.74, 6) is -0.242. The molecule has 0 unspecified atom stereocenters. The lowest BCUT2D eigenvalue weighted by Crippen LogP contribution is -2.45. The van der Waals surface area contributed by atoms with E-state index in [1.165, 1.54) is 6.07 Å². The Labute approximate surface area is 168 Å². The van der Waals surface area contributed by atoms with E-state index in [4.69, 9.17) is 4.74 Å². The lowest BCUT2D eigenvalue weighted by atomic mass is 10.2. The van der Waals surface area contributed by atoms with Gasteiger partial charge in [0.05, 0.1) is 6.20 Å². The van der Waals surface area contributed by atoms with Crippen LogP contribution in [-0.2, 0) is 0 Å². The third kappa shape index (κ3) is 3.66. The smallest absolute Gasteiger partial charge is 0.339 e. The number of ether oxygens (including phenoxy) is 1. The average molecular weight is 447 g/mol. The molecule has 0 spiro atoms. The number of carboxylic acid groups (broad SMARTS) is 1. The van der Waals surface area contributed by atoms with E-state index < -0.39 is 14.2 Å². The Kier molecular flexibility index (Phi) is 4.94. The topological polar surface area (TPSA) is 64.3 Å². The number of benzene rings is 1. The number of rotatable bonds is 4. The van der Waals surface area contributed by atoms with E-state index in [1.807, 2.05) is 12.1 Å². The predicted octanol–water partition coefficient (Wildman–Crippen LogP) is 6.14. The zero-order chi connectivity index (χ0) is 20.0. The molecule has 7 heteroatoms. The van der Waals surface area contributed by atoms with Gasteiger partial charge < -0.3 is 14.1 Å². The highest BCUT2D eigenvalue weighted by Gasteiger charge is 2.38. The quantitative estimate of drug-likeness (QED) is 0.488. The Hall–Kier alpha value is -2.12. The normalized spacial score (nSPS) is 12.4. The van der Waals surface area contributed by atoms with E-state index in [-0.39, 0.29) is 16.4 Å². The van der Waals surface area contributed by atoms with Gasteiger partial charge in [0.25, 0.3) is 0 Å². The van der Waals surface area contributed by atoms with Gasteiger partial charge in [0.1, 0.15) is 22.7 Å². The SMILES string of the molecule is CC(C)(C)[Si](C)(C)n1ccc2cc(Oc3cc(Br)ccc3C(=O)O)cnc21. The van der Waals surface area contributed by atoms with Crippen LogP contribution >= 0.6 is 15.9 Å². The van der Waals surface area contributed by atoms with Crippen LogP contribution < -0.4 is 4.74 Å². The van der Waals surface area contributed by atoms with Crippen LogP contribution in [0, 0.1) is 0 Å². The van der Waals surface area contributed by atoms with Crippen molar-refractivity contribution in [3.05, 3.63) is 52.8 Å². The summed E-state index contributed by atoms with van der Waals surface area (Å²) < 4.78 is 8.91. The minimum absolute atomic E-state index is 0.108. The van der Waals surface area contributed by atoms with Crippen LogP contribution in [0.2, 0.25) is 18.1 Å². The summed E-state index contributed by atoms with van der Waals surface area (Å²) in [7, 11) is -1.79. The first-order valence-electron chi connectivity index (χ1n) is 8.69. The second-order valence-electron chi connectivity index (χ2n) is 8.13. The first kappa shape index (κ1) is 19.6. The molecule has 2 aromatic heterocycles. The van der Waals surface area contributed by atoms with Gasteiger partial charge in [0.2, 0.25) is 0 Å². The number of aromatic nitrogens is 2. The van der Waals surface area contributed by atoms with Crippen molar-refractivity contribution < 1.29 is 14.6 Å². The molecule has 1 aromatic carbocycles. The third-order valence-corrected chi connectivity index (χ3v) is 11.1. The molecule has 0 aliphatic heterocycles. The van der Waals surface area contributed by atoms with Gasteiger partial charge in [0, 0.05) is 9.86 Å². The van der Waals surface area contributed by atoms with Gasteiger partial charge in [-0.1, -0.05) is 49.8 Å². The summed E-state index contributed by atoms with van der Waals surface area (Å²) in [5.41, 5.74) is 1.04. The number of aromatic carboxylic acids is 1. The molecule has 0 aliphatic rings. The molecule has 1 N–H and O–H groups in total. The van der Waals surface area contributed by atoms with Crippen molar-refractivity contribution in [2.45, 2.75) is 38.9 Å². The van der Waals surface area contributed by atoms with Crippen LogP contribution in [0.4, 0.5) is 0 Å². The number of nitrogens with zero attached hydrogens (tertiary/aromatic N) is 2. The lowest BCUT2D eigenvalue weighted by molar-refractivity contribution is 0.0694. The zero-order valence-electron chi connectivity index (χ0n) is 16.1. The van der Waals surface area contributed by atoms with Crippen molar-refractivity contribution in [2.75, 3.05) is 0 Å². The summed E-state index contributed by atoms with van der Waals surface area (Å²) >= 11 is 3.35. The zero-order valence-corrected chi connectivity index (χ0v) is 18.7. The highest BCUT2D eigenvalue weighted by molar-refractivity contribution is 9.10. The van der Waals surface area contributed by atoms with Crippen LogP contribution in [-0.4, -0.2) is 28.5 Å². The minimum Gasteiger partial charge on any atom is -0.478 e. The number of pyridine rings is 1. The second-order valence-corrected chi connectivity index (χ2v) is 14.1. The van der Waals surface area contributed by atoms with Crippen molar-refractivity contribution in [3.63, 3.8) is 0 Å². The van der Waals surface area contributed by atoms with Crippen molar-refractivity contribution in [3.8, 4) is 11.5 Å². The van der Waals surface area contributed by atoms with Crippen LogP contribution in [0.5, 0.6) is 11.5 Å². The highest BCUT2D eigenvalue weighted by Crippen LogP contribution is 2.39. The van der Waals surface area contributed by atoms with Crippen molar-refractivity contribution in [2.24, 2.45) is 0 Å². The van der Waals surface area contributed by atoms with E-state index in [0.717, 1.165) is 15.5 Å². The summed E-state index contributed by atoms with van der Waals surface area (Å²) in [6, 6.07) is 8.78. The van der Waals surface area contributed by atoms with Crippen LogP contribution in [0.15, 0.2) is 47.2 Å². The standard InChI is InChI=1S/C20H23BrN2O3Si/c1-20(2,3)27(4,5)23-9-8-13-10-15(12-22-18(13)23)26-17-11-14(21)6-7-16(17)19(24)25/h6-12H,1-5H3,(H,24,25). The maximum absolute atomic E-state index is 11.4. The van der Waals surface area contributed by atoms with Gasteiger partial charge in [-0.05, 0) is 41.6 Å². The highest BCUT2D eigenvalue weighted by atomic mass is 79.9. The maximum Gasteiger partial charge on any atom is 0.339 e. The molecule has 0 saturated carbocycles. The van der Waals surface area contributed by atoms with Crippen LogP contribution in [0.1, 0.15) is 31.1 Å². The van der Waals surface area contributed by atoms with Gasteiger partial charge in [-0.15, -0.1) is 0 Å². The van der Waals surface area contributed by atoms with E-state index in [9.17, 15) is 9.90 Å². The largest absolute Gasteiger partial charge is 0.478 e. The molecular formula is C20H23BrN2O3Si. The molecule has 3 rings (SSSR count). The average Bonchev–Trinajstić information content (AvgIpc) is 2.97. The van der Waals surface area contributed by atoms with Gasteiger partial charge in [-0.2, -0.15) is 0 Å². The van der Waals surface area contributed by atoms with E-state index in [2.05, 4.69) is 65.2 Å². The van der Waals surface area contributed by atoms with Gasteiger partial charge in [-0.25, -0.2) is 9.78 Å². The van der Waals surface area contributed by atoms with Crippen molar-refractivity contribution >= 4 is 41.2 Å². The summed E-state index contributed by atoms with van der Waals surface area (Å²) in [6.45, 7) is 11.5. The number of carboxylic acids is 1. The fraction of sp³-hybridized carbons (Fsp3) is 0.300. The molecule has 27 heavy (non-hydrogen) atoms. The minimum atomic E-state index is -1.79. The number of halogens is 1. The molecule has 0 fully saturated rings. The molecule has 0 aliphatic carbocycles. The van der Waals surface area contributed by atoms with E-state index in [1.54, 1.807) is 18.3 Å². The number of hydrogen-bond donors (Lipinski definition) is 1. The molecule has 0 saturated heterocycles. The van der Waals surface area contributed by atoms with Gasteiger partial charge in [0.15, 0.2) is 8.24 Å². The number of hydrogen-bond acceptors (Lipinski definition) is 3. The maximum atomic E-state index is 11.4. The molecular weight excluding hydrogens is 424 g/mol. The summed E-state index contributed by atoms with van der Waals surface area (Å²) in [6.07, 6.45) is 3.75. The van der Waals surface area contributed by atoms with Gasteiger partial charge >= 0.3 is 5.97 Å². The molecule has 0 amide bonds. The van der Waals surface area contributed by atoms with Gasteiger partial charge in [-0.3, -0.25) is 0 Å². The fourth-order valence-electron chi connectivity index (χ4n) is 2.76.